The molecule has 0 aliphatic heterocycles. The van der Waals surface area contributed by atoms with Gasteiger partial charge in [-0.05, 0) is 43.0 Å². The third kappa shape index (κ3) is 4.01. The first kappa shape index (κ1) is 14.9. The largest absolute Gasteiger partial charge is 0.478 e. The molecule has 0 atom stereocenters. The van der Waals surface area contributed by atoms with E-state index in [-0.39, 0.29) is 0 Å². The maximum atomic E-state index is 10.7. The van der Waals surface area contributed by atoms with Gasteiger partial charge in [-0.3, -0.25) is 0 Å². The summed E-state index contributed by atoms with van der Waals surface area (Å²) in [5.41, 5.74) is 1.96. The van der Waals surface area contributed by atoms with Crippen LogP contribution in [0.15, 0.2) is 24.3 Å². The Labute approximate surface area is 124 Å². The van der Waals surface area contributed by atoms with Crippen LogP contribution in [0.1, 0.15) is 38.2 Å². The van der Waals surface area contributed by atoms with Crippen molar-refractivity contribution in [3.8, 4) is 0 Å². The topological polar surface area (TPSA) is 40.5 Å². The first-order valence-corrected chi connectivity index (χ1v) is 7.47. The Morgan fingerprint density at radius 3 is 2.85 bits per heavy atom. The van der Waals surface area contributed by atoms with Gasteiger partial charge in [0.05, 0.1) is 0 Å². The minimum Gasteiger partial charge on any atom is -0.478 e. The van der Waals surface area contributed by atoms with Gasteiger partial charge in [0.2, 0.25) is 0 Å². The maximum absolute atomic E-state index is 10.7. The van der Waals surface area contributed by atoms with Crippen molar-refractivity contribution in [3.63, 3.8) is 0 Å². The zero-order valence-corrected chi connectivity index (χ0v) is 12.4. The third-order valence-corrected chi connectivity index (χ3v) is 3.68. The molecule has 0 radical (unpaired) electrons. The van der Waals surface area contributed by atoms with E-state index in [1.807, 2.05) is 12.1 Å². The Bertz CT molecular complexity index is 509. The van der Waals surface area contributed by atoms with Crippen LogP contribution < -0.4 is 4.90 Å². The van der Waals surface area contributed by atoms with E-state index in [0.29, 0.717) is 11.1 Å². The number of benzene rings is 1. The Kier molecular flexibility index (Phi) is 5.07. The molecule has 1 aromatic rings. The highest BCUT2D eigenvalue weighted by atomic mass is 35.5. The number of rotatable bonds is 7. The van der Waals surface area contributed by atoms with Crippen molar-refractivity contribution >= 4 is 29.3 Å². The Morgan fingerprint density at radius 1 is 1.50 bits per heavy atom. The monoisotopic (exact) mass is 293 g/mol. The molecule has 20 heavy (non-hydrogen) atoms. The molecule has 4 heteroatoms. The van der Waals surface area contributed by atoms with E-state index in [4.69, 9.17) is 16.7 Å². The van der Waals surface area contributed by atoms with Gasteiger partial charge in [0.1, 0.15) is 0 Å². The summed E-state index contributed by atoms with van der Waals surface area (Å²) in [6.07, 6.45) is 7.51. The minimum atomic E-state index is -0.933. The minimum absolute atomic E-state index is 0.581. The molecule has 0 bridgehead atoms. The number of aliphatic carboxylic acids is 1. The molecular weight excluding hydrogens is 274 g/mol. The summed E-state index contributed by atoms with van der Waals surface area (Å²) in [7, 11) is 0. The predicted molar refractivity (Wildman–Crippen MR) is 83.4 cm³/mol. The number of unbranched alkanes of at least 4 members (excludes halogenated alkanes) is 1. The van der Waals surface area contributed by atoms with Crippen LogP contribution >= 0.6 is 11.6 Å². The summed E-state index contributed by atoms with van der Waals surface area (Å²) in [5.74, 6) is -0.933. The molecule has 108 valence electrons. The molecule has 2 rings (SSSR count). The number of carbonyl (C=O) groups is 1. The van der Waals surface area contributed by atoms with Crippen LogP contribution in [0.2, 0.25) is 5.02 Å². The second-order valence-corrected chi connectivity index (χ2v) is 5.59. The highest BCUT2D eigenvalue weighted by molar-refractivity contribution is 6.31. The van der Waals surface area contributed by atoms with E-state index in [1.165, 1.54) is 18.9 Å². The second kappa shape index (κ2) is 6.80. The highest BCUT2D eigenvalue weighted by Crippen LogP contribution is 2.35. The molecule has 0 spiro atoms. The van der Waals surface area contributed by atoms with E-state index in [1.54, 1.807) is 12.1 Å². The van der Waals surface area contributed by atoms with Gasteiger partial charge in [0.15, 0.2) is 0 Å². The van der Waals surface area contributed by atoms with Crippen LogP contribution in [0.4, 0.5) is 5.69 Å². The number of carboxylic acid groups (broad SMARTS) is 1. The standard InChI is InChI=1S/C16H20ClNO2/c1-2-3-10-18(14-7-8-14)15-11-13(17)6-4-12(15)5-9-16(19)20/h4-6,9,11,14H,2-3,7-8,10H2,1H3,(H,19,20)/b9-5+. The van der Waals surface area contributed by atoms with Crippen LogP contribution in [-0.2, 0) is 4.79 Å². The fourth-order valence-corrected chi connectivity index (χ4v) is 2.45. The summed E-state index contributed by atoms with van der Waals surface area (Å²) in [6.45, 7) is 3.17. The quantitative estimate of drug-likeness (QED) is 0.766. The summed E-state index contributed by atoms with van der Waals surface area (Å²) in [6, 6.07) is 6.21. The van der Waals surface area contributed by atoms with Crippen molar-refractivity contribution in [2.24, 2.45) is 0 Å². The fraction of sp³-hybridized carbons (Fsp3) is 0.438. The second-order valence-electron chi connectivity index (χ2n) is 5.15. The normalized spacial score (nSPS) is 14.7. The third-order valence-electron chi connectivity index (χ3n) is 3.45. The van der Waals surface area contributed by atoms with Crippen LogP contribution in [0.25, 0.3) is 6.08 Å². The van der Waals surface area contributed by atoms with Crippen LogP contribution in [0.3, 0.4) is 0 Å². The molecule has 1 aliphatic rings. The molecule has 1 N–H and O–H groups in total. The lowest BCUT2D eigenvalue weighted by Crippen LogP contribution is -2.27. The molecule has 1 aliphatic carbocycles. The number of halogens is 1. The van der Waals surface area contributed by atoms with Gasteiger partial charge in [-0.25, -0.2) is 4.79 Å². The number of nitrogens with zero attached hydrogens (tertiary/aromatic N) is 1. The smallest absolute Gasteiger partial charge is 0.328 e. The number of carboxylic acids is 1. The number of hydrogen-bond donors (Lipinski definition) is 1. The van der Waals surface area contributed by atoms with Gasteiger partial charge >= 0.3 is 5.97 Å². The first-order chi connectivity index (χ1) is 9.61. The van der Waals surface area contributed by atoms with Gasteiger partial charge < -0.3 is 10.0 Å². The Balaban J connectivity index is 2.30. The molecule has 1 fully saturated rings. The zero-order valence-electron chi connectivity index (χ0n) is 11.7. The molecule has 0 unspecified atom stereocenters. The van der Waals surface area contributed by atoms with Crippen LogP contribution in [-0.4, -0.2) is 23.7 Å². The van der Waals surface area contributed by atoms with Gasteiger partial charge in [0.25, 0.3) is 0 Å². The molecule has 3 nitrogen and oxygen atoms in total. The Morgan fingerprint density at radius 2 is 2.25 bits per heavy atom. The van der Waals surface area contributed by atoms with E-state index >= 15 is 0 Å². The molecule has 0 saturated heterocycles. The lowest BCUT2D eigenvalue weighted by atomic mass is 10.1. The molecule has 0 amide bonds. The van der Waals surface area contributed by atoms with Crippen molar-refractivity contribution in [2.45, 2.75) is 38.6 Å². The predicted octanol–water partition coefficient (Wildman–Crippen LogP) is 4.21. The first-order valence-electron chi connectivity index (χ1n) is 7.09. The maximum Gasteiger partial charge on any atom is 0.328 e. The summed E-state index contributed by atoms with van der Waals surface area (Å²) >= 11 is 6.12. The van der Waals surface area contributed by atoms with E-state index in [9.17, 15) is 4.79 Å². The SMILES string of the molecule is CCCCN(c1cc(Cl)ccc1/C=C/C(=O)O)C1CC1. The van der Waals surface area contributed by atoms with Crippen molar-refractivity contribution in [1.29, 1.82) is 0 Å². The molecule has 0 heterocycles. The van der Waals surface area contributed by atoms with Crippen molar-refractivity contribution in [3.05, 3.63) is 34.9 Å². The zero-order chi connectivity index (χ0) is 14.5. The summed E-state index contributed by atoms with van der Waals surface area (Å²) in [4.78, 5) is 13.1. The van der Waals surface area contributed by atoms with Gasteiger partial charge in [-0.2, -0.15) is 0 Å². The lowest BCUT2D eigenvalue weighted by Gasteiger charge is -2.26. The lowest BCUT2D eigenvalue weighted by molar-refractivity contribution is -0.131. The van der Waals surface area contributed by atoms with Gasteiger partial charge in [0, 0.05) is 29.4 Å². The average Bonchev–Trinajstić information content (AvgIpc) is 3.22. The fourth-order valence-electron chi connectivity index (χ4n) is 2.28. The Hall–Kier alpha value is -1.48. The van der Waals surface area contributed by atoms with Crippen LogP contribution in [0, 0.1) is 0 Å². The van der Waals surface area contributed by atoms with Crippen molar-refractivity contribution in [2.75, 3.05) is 11.4 Å². The van der Waals surface area contributed by atoms with Gasteiger partial charge in [-0.15, -0.1) is 0 Å². The molecular formula is C16H20ClNO2. The van der Waals surface area contributed by atoms with Gasteiger partial charge in [-0.1, -0.05) is 31.0 Å². The van der Waals surface area contributed by atoms with E-state index in [2.05, 4.69) is 11.8 Å². The average molecular weight is 294 g/mol. The highest BCUT2D eigenvalue weighted by Gasteiger charge is 2.29. The van der Waals surface area contributed by atoms with E-state index < -0.39 is 5.97 Å². The molecule has 1 saturated carbocycles. The van der Waals surface area contributed by atoms with E-state index in [0.717, 1.165) is 30.6 Å². The number of hydrogen-bond acceptors (Lipinski definition) is 2. The van der Waals surface area contributed by atoms with Crippen molar-refractivity contribution in [1.82, 2.24) is 0 Å². The molecule has 1 aromatic carbocycles. The number of anilines is 1. The van der Waals surface area contributed by atoms with Crippen molar-refractivity contribution < 1.29 is 9.90 Å². The summed E-state index contributed by atoms with van der Waals surface area (Å²) in [5, 5.41) is 9.48. The summed E-state index contributed by atoms with van der Waals surface area (Å²) < 4.78 is 0. The van der Waals surface area contributed by atoms with Crippen LogP contribution in [0.5, 0.6) is 0 Å². The molecule has 0 aromatic heterocycles.